The Hall–Kier alpha value is -2.50. The van der Waals surface area contributed by atoms with E-state index in [4.69, 9.17) is 15.2 Å². The summed E-state index contributed by atoms with van der Waals surface area (Å²) in [5, 5.41) is 3.21. The van der Waals surface area contributed by atoms with Crippen molar-refractivity contribution in [3.8, 4) is 11.6 Å². The van der Waals surface area contributed by atoms with E-state index in [0.717, 1.165) is 5.56 Å². The quantitative estimate of drug-likeness (QED) is 0.795. The minimum absolute atomic E-state index is 0.0779. The van der Waals surface area contributed by atoms with Crippen molar-refractivity contribution < 1.29 is 9.47 Å². The van der Waals surface area contributed by atoms with Gasteiger partial charge in [0.2, 0.25) is 5.88 Å². The molecule has 1 aromatic carbocycles. The molecule has 112 valence electrons. The molecule has 0 radical (unpaired) electrons. The zero-order valence-electron chi connectivity index (χ0n) is 12.5. The Labute approximate surface area is 124 Å². The van der Waals surface area contributed by atoms with Crippen molar-refractivity contribution in [2.45, 2.75) is 26.5 Å². The zero-order chi connectivity index (χ0) is 15.2. The number of nitrogens with one attached hydrogen (secondary N) is 1. The fourth-order valence-corrected chi connectivity index (χ4v) is 1.83. The summed E-state index contributed by atoms with van der Waals surface area (Å²) < 4.78 is 10.7. The highest BCUT2D eigenvalue weighted by Crippen LogP contribution is 2.22. The first-order valence-electron chi connectivity index (χ1n) is 6.73. The van der Waals surface area contributed by atoms with E-state index in [0.29, 0.717) is 29.7 Å². The molecule has 2 aromatic rings. The molecule has 0 spiro atoms. The molecule has 0 aliphatic rings. The second-order valence-corrected chi connectivity index (χ2v) is 4.84. The maximum absolute atomic E-state index is 5.88. The first kappa shape index (κ1) is 14.9. The number of hydrogen-bond acceptors (Lipinski definition) is 6. The topological polar surface area (TPSA) is 82.3 Å². The monoisotopic (exact) mass is 288 g/mol. The van der Waals surface area contributed by atoms with Crippen molar-refractivity contribution >= 4 is 11.5 Å². The summed E-state index contributed by atoms with van der Waals surface area (Å²) in [7, 11) is 1.60. The van der Waals surface area contributed by atoms with Gasteiger partial charge < -0.3 is 20.5 Å². The van der Waals surface area contributed by atoms with E-state index in [9.17, 15) is 0 Å². The fraction of sp³-hybridized carbons (Fsp3) is 0.333. The van der Waals surface area contributed by atoms with Crippen LogP contribution in [0, 0.1) is 0 Å². The van der Waals surface area contributed by atoms with Gasteiger partial charge in [-0.3, -0.25) is 0 Å². The molecular weight excluding hydrogens is 268 g/mol. The van der Waals surface area contributed by atoms with Gasteiger partial charge in [-0.15, -0.1) is 0 Å². The zero-order valence-corrected chi connectivity index (χ0v) is 12.5. The van der Waals surface area contributed by atoms with Gasteiger partial charge >= 0.3 is 0 Å². The van der Waals surface area contributed by atoms with Gasteiger partial charge in [-0.2, -0.15) is 0 Å². The molecule has 0 bridgehead atoms. The molecule has 21 heavy (non-hydrogen) atoms. The molecule has 1 heterocycles. The second-order valence-electron chi connectivity index (χ2n) is 4.84. The van der Waals surface area contributed by atoms with Crippen molar-refractivity contribution in [2.75, 3.05) is 18.2 Å². The van der Waals surface area contributed by atoms with E-state index in [2.05, 4.69) is 15.3 Å². The van der Waals surface area contributed by atoms with Gasteiger partial charge in [-0.1, -0.05) is 6.07 Å². The predicted molar refractivity (Wildman–Crippen MR) is 82.5 cm³/mol. The van der Waals surface area contributed by atoms with E-state index in [1.165, 1.54) is 6.33 Å². The maximum Gasteiger partial charge on any atom is 0.218 e. The fourth-order valence-electron chi connectivity index (χ4n) is 1.83. The number of rotatable bonds is 6. The van der Waals surface area contributed by atoms with Crippen LogP contribution in [0.3, 0.4) is 0 Å². The lowest BCUT2D eigenvalue weighted by atomic mass is 10.2. The number of nitrogens with zero attached hydrogens (tertiary/aromatic N) is 2. The Morgan fingerprint density at radius 1 is 1.24 bits per heavy atom. The van der Waals surface area contributed by atoms with E-state index in [-0.39, 0.29) is 6.10 Å². The summed E-state index contributed by atoms with van der Waals surface area (Å²) in [4.78, 5) is 8.22. The van der Waals surface area contributed by atoms with Crippen LogP contribution >= 0.6 is 0 Å². The first-order valence-corrected chi connectivity index (χ1v) is 6.73. The molecule has 0 aliphatic carbocycles. The average molecular weight is 288 g/mol. The summed E-state index contributed by atoms with van der Waals surface area (Å²) >= 11 is 0. The highest BCUT2D eigenvalue weighted by atomic mass is 16.5. The van der Waals surface area contributed by atoms with Crippen molar-refractivity contribution in [1.82, 2.24) is 9.97 Å². The molecule has 6 nitrogen and oxygen atoms in total. The largest absolute Gasteiger partial charge is 0.495 e. The number of anilines is 2. The van der Waals surface area contributed by atoms with Gasteiger partial charge in [-0.25, -0.2) is 9.97 Å². The molecule has 0 unspecified atom stereocenters. The number of hydrogen-bond donors (Lipinski definition) is 2. The molecule has 1 aromatic heterocycles. The summed E-state index contributed by atoms with van der Waals surface area (Å²) in [6.45, 7) is 4.51. The number of nitrogen functional groups attached to an aromatic ring is 1. The smallest absolute Gasteiger partial charge is 0.218 e. The van der Waals surface area contributed by atoms with Gasteiger partial charge in [-0.05, 0) is 31.5 Å². The molecular formula is C15H20N4O2. The van der Waals surface area contributed by atoms with E-state index in [1.807, 2.05) is 32.0 Å². The van der Waals surface area contributed by atoms with E-state index >= 15 is 0 Å². The number of nitrogens with two attached hydrogens (primary N) is 1. The summed E-state index contributed by atoms with van der Waals surface area (Å²) in [6.07, 6.45) is 1.55. The van der Waals surface area contributed by atoms with Crippen LogP contribution in [-0.4, -0.2) is 23.2 Å². The third-order valence-corrected chi connectivity index (χ3v) is 2.77. The van der Waals surface area contributed by atoms with Crippen molar-refractivity contribution in [3.63, 3.8) is 0 Å². The lowest BCUT2D eigenvalue weighted by molar-refractivity contribution is 0.232. The Morgan fingerprint density at radius 2 is 2.05 bits per heavy atom. The summed E-state index contributed by atoms with van der Waals surface area (Å²) in [5.41, 5.74) is 7.54. The summed E-state index contributed by atoms with van der Waals surface area (Å²) in [5.74, 6) is 1.93. The maximum atomic E-state index is 5.88. The Balaban J connectivity index is 2.01. The number of methoxy groups -OCH3 is 1. The SMILES string of the molecule is COc1ccc(CNc2cc(OC(C)C)ncn2)cc1N. The Bertz CT molecular complexity index is 602. The standard InChI is InChI=1S/C15H20N4O2/c1-10(2)21-15-7-14(18-9-19-15)17-8-11-4-5-13(20-3)12(16)6-11/h4-7,9-10H,8,16H2,1-3H3,(H,17,18,19). The number of benzene rings is 1. The molecule has 0 saturated heterocycles. The molecule has 0 aliphatic heterocycles. The predicted octanol–water partition coefficient (Wildman–Crippen LogP) is 2.47. The molecule has 3 N–H and O–H groups in total. The average Bonchev–Trinajstić information content (AvgIpc) is 2.45. The molecule has 0 atom stereocenters. The molecule has 0 saturated carbocycles. The van der Waals surface area contributed by atoms with Crippen molar-refractivity contribution in [3.05, 3.63) is 36.2 Å². The van der Waals surface area contributed by atoms with Gasteiger partial charge in [0, 0.05) is 12.6 Å². The highest BCUT2D eigenvalue weighted by Gasteiger charge is 2.04. The van der Waals surface area contributed by atoms with Crippen LogP contribution in [0.15, 0.2) is 30.6 Å². The van der Waals surface area contributed by atoms with E-state index in [1.54, 1.807) is 13.2 Å². The van der Waals surface area contributed by atoms with Crippen LogP contribution in [0.2, 0.25) is 0 Å². The van der Waals surface area contributed by atoms with Gasteiger partial charge in [0.05, 0.1) is 18.9 Å². The Morgan fingerprint density at radius 3 is 2.71 bits per heavy atom. The van der Waals surface area contributed by atoms with Crippen molar-refractivity contribution in [1.29, 1.82) is 0 Å². The van der Waals surface area contributed by atoms with Crippen LogP contribution < -0.4 is 20.5 Å². The van der Waals surface area contributed by atoms with Gasteiger partial charge in [0.25, 0.3) is 0 Å². The van der Waals surface area contributed by atoms with Crippen LogP contribution in [-0.2, 0) is 6.54 Å². The third kappa shape index (κ3) is 4.24. The third-order valence-electron chi connectivity index (χ3n) is 2.77. The van der Waals surface area contributed by atoms with Gasteiger partial charge in [0.1, 0.15) is 17.9 Å². The molecule has 6 heteroatoms. The van der Waals surface area contributed by atoms with Crippen LogP contribution in [0.5, 0.6) is 11.6 Å². The normalized spacial score (nSPS) is 10.5. The number of ether oxygens (including phenoxy) is 2. The molecule has 0 amide bonds. The van der Waals surface area contributed by atoms with E-state index < -0.39 is 0 Å². The lowest BCUT2D eigenvalue weighted by Crippen LogP contribution is -2.08. The number of aromatic nitrogens is 2. The molecule has 0 fully saturated rings. The summed E-state index contributed by atoms with van der Waals surface area (Å²) in [6, 6.07) is 7.44. The first-order chi connectivity index (χ1) is 10.1. The highest BCUT2D eigenvalue weighted by molar-refractivity contribution is 5.54. The minimum Gasteiger partial charge on any atom is -0.495 e. The lowest BCUT2D eigenvalue weighted by Gasteiger charge is -2.11. The van der Waals surface area contributed by atoms with Crippen LogP contribution in [0.25, 0.3) is 0 Å². The van der Waals surface area contributed by atoms with Gasteiger partial charge in [0.15, 0.2) is 0 Å². The van der Waals surface area contributed by atoms with Crippen molar-refractivity contribution in [2.24, 2.45) is 0 Å². The van der Waals surface area contributed by atoms with Crippen LogP contribution in [0.4, 0.5) is 11.5 Å². The molecule has 2 rings (SSSR count). The van der Waals surface area contributed by atoms with Crippen LogP contribution in [0.1, 0.15) is 19.4 Å². The second kappa shape index (κ2) is 6.78. The Kier molecular flexibility index (Phi) is 4.81. The minimum atomic E-state index is 0.0779.